The molecule has 29 heavy (non-hydrogen) atoms. The summed E-state index contributed by atoms with van der Waals surface area (Å²) in [7, 11) is 0. The van der Waals surface area contributed by atoms with Gasteiger partial charge in [0.2, 0.25) is 0 Å². The maximum absolute atomic E-state index is 10.3. The van der Waals surface area contributed by atoms with Gasteiger partial charge in [0.05, 0.1) is 6.10 Å². The molecule has 0 aromatic carbocycles. The van der Waals surface area contributed by atoms with Gasteiger partial charge in [0.1, 0.15) is 0 Å². The Hall–Kier alpha value is 0.310. The summed E-state index contributed by atoms with van der Waals surface area (Å²) in [5.74, 6) is 6.02. The molecule has 0 aromatic heterocycles. The van der Waals surface area contributed by atoms with Crippen molar-refractivity contribution in [2.75, 3.05) is 0 Å². The first kappa shape index (κ1) is 22.5. The van der Waals surface area contributed by atoms with E-state index in [-0.39, 0.29) is 6.10 Å². The zero-order valence-corrected chi connectivity index (χ0v) is 20.8. The molecule has 2 heteroatoms. The van der Waals surface area contributed by atoms with Gasteiger partial charge in [-0.15, -0.1) is 0 Å². The van der Waals surface area contributed by atoms with E-state index in [0.29, 0.717) is 22.0 Å². The molecule has 4 aliphatic carbocycles. The second-order valence-electron chi connectivity index (χ2n) is 12.8. The van der Waals surface area contributed by atoms with E-state index in [1.54, 1.807) is 0 Å². The van der Waals surface area contributed by atoms with Crippen molar-refractivity contribution in [3.8, 4) is 0 Å². The van der Waals surface area contributed by atoms with Gasteiger partial charge in [-0.2, -0.15) is 12.6 Å². The van der Waals surface area contributed by atoms with Crippen molar-refractivity contribution < 1.29 is 5.11 Å². The highest BCUT2D eigenvalue weighted by Gasteiger charge is 2.61. The third kappa shape index (κ3) is 3.85. The van der Waals surface area contributed by atoms with Crippen LogP contribution in [0.5, 0.6) is 0 Å². The normalized spacial score (nSPS) is 50.7. The SMILES string of the molecule is CC(C)CCC[C@@H](C)[C@H]1CC[C@H]2[C@@H]3CC(S)C4C[C@@H](O)CC[C@]4(C)[C@H]3CC[C@]12C. The Morgan fingerprint density at radius 2 is 1.55 bits per heavy atom. The van der Waals surface area contributed by atoms with E-state index in [2.05, 4.69) is 34.6 Å². The number of hydrogen-bond acceptors (Lipinski definition) is 2. The molecule has 0 amide bonds. The van der Waals surface area contributed by atoms with Crippen LogP contribution < -0.4 is 0 Å². The fraction of sp³-hybridized carbons (Fsp3) is 1.00. The molecule has 0 bridgehead atoms. The summed E-state index contributed by atoms with van der Waals surface area (Å²) in [5, 5.41) is 10.8. The van der Waals surface area contributed by atoms with Crippen molar-refractivity contribution in [3.05, 3.63) is 0 Å². The lowest BCUT2D eigenvalue weighted by molar-refractivity contribution is -0.126. The van der Waals surface area contributed by atoms with E-state index in [9.17, 15) is 5.11 Å². The summed E-state index contributed by atoms with van der Waals surface area (Å²) >= 11 is 5.17. The molecule has 0 saturated heterocycles. The smallest absolute Gasteiger partial charge is 0.0543 e. The molecule has 1 nitrogen and oxygen atoms in total. The summed E-state index contributed by atoms with van der Waals surface area (Å²) in [6, 6.07) is 0. The fourth-order valence-electron chi connectivity index (χ4n) is 9.30. The van der Waals surface area contributed by atoms with Gasteiger partial charge in [-0.1, -0.05) is 53.9 Å². The average molecular weight is 421 g/mol. The van der Waals surface area contributed by atoms with Gasteiger partial charge in [-0.05, 0) is 104 Å². The number of thiol groups is 1. The van der Waals surface area contributed by atoms with Gasteiger partial charge in [-0.25, -0.2) is 0 Å². The van der Waals surface area contributed by atoms with E-state index in [1.165, 1.54) is 57.8 Å². The molecule has 2 unspecified atom stereocenters. The highest BCUT2D eigenvalue weighted by Crippen LogP contribution is 2.68. The van der Waals surface area contributed by atoms with Gasteiger partial charge >= 0.3 is 0 Å². The lowest BCUT2D eigenvalue weighted by atomic mass is 9.44. The lowest BCUT2D eigenvalue weighted by Crippen LogP contribution is -2.57. The van der Waals surface area contributed by atoms with E-state index < -0.39 is 0 Å². The highest BCUT2D eigenvalue weighted by molar-refractivity contribution is 7.81. The molecular formula is C27H48OS. The number of aliphatic hydroxyl groups excluding tert-OH is 1. The molecule has 10 atom stereocenters. The molecule has 0 aliphatic heterocycles. The maximum atomic E-state index is 10.3. The minimum atomic E-state index is -0.0734. The predicted octanol–water partition coefficient (Wildman–Crippen LogP) is 7.38. The minimum absolute atomic E-state index is 0.0734. The average Bonchev–Trinajstić information content (AvgIpc) is 3.00. The molecule has 4 saturated carbocycles. The number of hydrogen-bond donors (Lipinski definition) is 2. The highest BCUT2D eigenvalue weighted by atomic mass is 32.1. The fourth-order valence-corrected chi connectivity index (χ4v) is 10.0. The third-order valence-corrected chi connectivity index (χ3v) is 11.4. The monoisotopic (exact) mass is 420 g/mol. The maximum Gasteiger partial charge on any atom is 0.0543 e. The molecule has 4 fully saturated rings. The van der Waals surface area contributed by atoms with Gasteiger partial charge in [0.25, 0.3) is 0 Å². The van der Waals surface area contributed by atoms with Crippen LogP contribution in [-0.2, 0) is 0 Å². The van der Waals surface area contributed by atoms with Crippen LogP contribution in [-0.4, -0.2) is 16.5 Å². The summed E-state index contributed by atoms with van der Waals surface area (Å²) in [6.07, 6.45) is 14.6. The Balaban J connectivity index is 1.50. The van der Waals surface area contributed by atoms with Crippen LogP contribution >= 0.6 is 12.6 Å². The standard InChI is InChI=1S/C27H48OS/c1-17(2)7-6-8-18(3)21-9-10-22-20-16-25(29)24-15-19(28)11-13-27(24,5)23(20)12-14-26(21,22)4/h17-25,28-29H,6-16H2,1-5H3/t18-,19+,20+,21-,22+,23+,24?,25?,26-,27-/m1/s1. The zero-order valence-electron chi connectivity index (χ0n) is 19.9. The van der Waals surface area contributed by atoms with E-state index in [0.717, 1.165) is 48.3 Å². The van der Waals surface area contributed by atoms with Crippen molar-refractivity contribution in [1.82, 2.24) is 0 Å². The molecule has 0 spiro atoms. The molecule has 0 aromatic rings. The van der Waals surface area contributed by atoms with Crippen LogP contribution in [0.2, 0.25) is 0 Å². The van der Waals surface area contributed by atoms with Crippen molar-refractivity contribution in [1.29, 1.82) is 0 Å². The van der Waals surface area contributed by atoms with Crippen molar-refractivity contribution >= 4 is 12.6 Å². The summed E-state index contributed by atoms with van der Waals surface area (Å²) in [5.41, 5.74) is 1.00. The van der Waals surface area contributed by atoms with Crippen molar-refractivity contribution in [2.45, 2.75) is 117 Å². The van der Waals surface area contributed by atoms with E-state index in [4.69, 9.17) is 12.6 Å². The first-order valence-electron chi connectivity index (χ1n) is 13.0. The minimum Gasteiger partial charge on any atom is -0.393 e. The van der Waals surface area contributed by atoms with Gasteiger partial charge in [0.15, 0.2) is 0 Å². The predicted molar refractivity (Wildman–Crippen MR) is 127 cm³/mol. The molecule has 168 valence electrons. The van der Waals surface area contributed by atoms with Gasteiger partial charge < -0.3 is 5.11 Å². The number of fused-ring (bicyclic) bond motifs is 5. The Bertz CT molecular complexity index is 575. The van der Waals surface area contributed by atoms with Crippen LogP contribution in [0.1, 0.15) is 105 Å². The third-order valence-electron chi connectivity index (χ3n) is 10.9. The van der Waals surface area contributed by atoms with E-state index >= 15 is 0 Å². The Kier molecular flexibility index (Phi) is 6.47. The second kappa shape index (κ2) is 8.34. The Labute approximate surface area is 186 Å². The van der Waals surface area contributed by atoms with Crippen LogP contribution in [0.25, 0.3) is 0 Å². The van der Waals surface area contributed by atoms with Gasteiger partial charge in [0, 0.05) is 5.25 Å². The largest absolute Gasteiger partial charge is 0.393 e. The second-order valence-corrected chi connectivity index (χ2v) is 13.4. The first-order chi connectivity index (χ1) is 13.7. The molecule has 0 radical (unpaired) electrons. The Morgan fingerprint density at radius 3 is 2.28 bits per heavy atom. The number of rotatable bonds is 5. The van der Waals surface area contributed by atoms with Crippen molar-refractivity contribution in [3.63, 3.8) is 0 Å². The quantitative estimate of drug-likeness (QED) is 0.445. The topological polar surface area (TPSA) is 20.2 Å². The van der Waals surface area contributed by atoms with Crippen LogP contribution in [0, 0.1) is 52.3 Å². The molecule has 4 rings (SSSR count). The summed E-state index contributed by atoms with van der Waals surface area (Å²) < 4.78 is 0. The van der Waals surface area contributed by atoms with E-state index in [1.807, 2.05) is 0 Å². The molecule has 4 aliphatic rings. The van der Waals surface area contributed by atoms with Crippen LogP contribution in [0.4, 0.5) is 0 Å². The zero-order chi connectivity index (χ0) is 21.0. The van der Waals surface area contributed by atoms with Crippen LogP contribution in [0.3, 0.4) is 0 Å². The summed E-state index contributed by atoms with van der Waals surface area (Å²) in [4.78, 5) is 0. The lowest BCUT2D eigenvalue weighted by Gasteiger charge is -2.62. The Morgan fingerprint density at radius 1 is 0.862 bits per heavy atom. The van der Waals surface area contributed by atoms with Crippen LogP contribution in [0.15, 0.2) is 0 Å². The summed E-state index contributed by atoms with van der Waals surface area (Å²) in [6.45, 7) is 12.6. The van der Waals surface area contributed by atoms with Gasteiger partial charge in [-0.3, -0.25) is 0 Å². The van der Waals surface area contributed by atoms with Crippen molar-refractivity contribution in [2.24, 2.45) is 52.3 Å². The molecule has 1 N–H and O–H groups in total. The number of aliphatic hydroxyl groups is 1. The molecular weight excluding hydrogens is 372 g/mol. The first-order valence-corrected chi connectivity index (χ1v) is 13.5. The molecule has 0 heterocycles.